The van der Waals surface area contributed by atoms with Crippen molar-refractivity contribution < 1.29 is 9.18 Å². The first kappa shape index (κ1) is 20.2. The summed E-state index contributed by atoms with van der Waals surface area (Å²) in [4.78, 5) is 28.5. The van der Waals surface area contributed by atoms with Gasteiger partial charge in [-0.3, -0.25) is 14.2 Å². The molecule has 0 unspecified atom stereocenters. The SMILES string of the molecule is O=C1c2c(n(Cc3ccc(Cl)cc3)c3c(F)c(N4CCNCC4)ccc3c2=O)-c2cccn21. The van der Waals surface area contributed by atoms with E-state index in [1.165, 1.54) is 4.57 Å². The van der Waals surface area contributed by atoms with Gasteiger partial charge in [-0.25, -0.2) is 4.39 Å². The number of benzene rings is 2. The molecular formula is C25H20ClFN4O2. The van der Waals surface area contributed by atoms with Crippen molar-refractivity contribution >= 4 is 34.1 Å². The van der Waals surface area contributed by atoms with Crippen LogP contribution in [0.5, 0.6) is 0 Å². The van der Waals surface area contributed by atoms with Gasteiger partial charge in [-0.2, -0.15) is 0 Å². The Morgan fingerprint density at radius 3 is 2.52 bits per heavy atom. The average molecular weight is 463 g/mol. The fourth-order valence-corrected chi connectivity index (χ4v) is 5.03. The molecule has 4 heterocycles. The lowest BCUT2D eigenvalue weighted by Gasteiger charge is -2.30. The van der Waals surface area contributed by atoms with Gasteiger partial charge in [-0.1, -0.05) is 23.7 Å². The molecule has 8 heteroatoms. The normalized spacial score (nSPS) is 15.2. The summed E-state index contributed by atoms with van der Waals surface area (Å²) in [6.07, 6.45) is 1.64. The van der Waals surface area contributed by atoms with E-state index in [9.17, 15) is 9.59 Å². The lowest BCUT2D eigenvalue weighted by atomic mass is 10.0. The molecule has 0 bridgehead atoms. The quantitative estimate of drug-likeness (QED) is 0.444. The van der Waals surface area contributed by atoms with Crippen LogP contribution in [-0.4, -0.2) is 41.2 Å². The van der Waals surface area contributed by atoms with Gasteiger partial charge in [0.25, 0.3) is 5.91 Å². The van der Waals surface area contributed by atoms with Crippen molar-refractivity contribution in [3.05, 3.63) is 86.9 Å². The lowest BCUT2D eigenvalue weighted by molar-refractivity contribution is 0.0968. The minimum atomic E-state index is -0.444. The van der Waals surface area contributed by atoms with Gasteiger partial charge >= 0.3 is 0 Å². The zero-order valence-electron chi connectivity index (χ0n) is 17.6. The van der Waals surface area contributed by atoms with Gasteiger partial charge in [-0.15, -0.1) is 0 Å². The summed E-state index contributed by atoms with van der Waals surface area (Å²) in [6.45, 7) is 3.17. The molecular weight excluding hydrogens is 443 g/mol. The number of fused-ring (bicyclic) bond motifs is 4. The van der Waals surface area contributed by atoms with Crippen molar-refractivity contribution in [2.45, 2.75) is 6.54 Å². The maximum Gasteiger partial charge on any atom is 0.268 e. The summed E-state index contributed by atoms with van der Waals surface area (Å²) < 4.78 is 19.4. The fraction of sp³-hybridized carbons (Fsp3) is 0.200. The van der Waals surface area contributed by atoms with Crippen LogP contribution in [0.3, 0.4) is 0 Å². The number of nitrogens with zero attached hydrogens (tertiary/aromatic N) is 3. The first-order valence-corrected chi connectivity index (χ1v) is 11.2. The molecule has 1 saturated heterocycles. The van der Waals surface area contributed by atoms with Crippen molar-refractivity contribution in [2.75, 3.05) is 31.1 Å². The number of piperazine rings is 1. The van der Waals surface area contributed by atoms with E-state index < -0.39 is 11.2 Å². The Bertz CT molecular complexity index is 1480. The lowest BCUT2D eigenvalue weighted by Crippen LogP contribution is -2.44. The summed E-state index contributed by atoms with van der Waals surface area (Å²) in [5, 5.41) is 4.08. The number of hydrogen-bond acceptors (Lipinski definition) is 4. The van der Waals surface area contributed by atoms with Crippen LogP contribution in [0.1, 0.15) is 15.9 Å². The molecule has 6 nitrogen and oxygen atoms in total. The topological polar surface area (TPSA) is 59.3 Å². The summed E-state index contributed by atoms with van der Waals surface area (Å²) in [6, 6.07) is 14.1. The molecule has 0 saturated carbocycles. The van der Waals surface area contributed by atoms with E-state index in [0.717, 1.165) is 18.7 Å². The van der Waals surface area contributed by atoms with E-state index in [-0.39, 0.29) is 28.9 Å². The number of carbonyl (C=O) groups is 1. The standard InChI is InChI=1S/C25H20ClFN4O2/c26-16-5-3-15(4-6-16)14-31-22-17(7-8-18(21(22)27)29-12-9-28-10-13-29)24(32)20-23(31)19-2-1-11-30(19)25(20)33/h1-8,11,28H,9-10,12-14H2. The zero-order valence-corrected chi connectivity index (χ0v) is 18.4. The maximum absolute atomic E-state index is 16.2. The zero-order chi connectivity index (χ0) is 22.7. The molecule has 0 amide bonds. The largest absolute Gasteiger partial charge is 0.367 e. The Morgan fingerprint density at radius 2 is 1.76 bits per heavy atom. The Labute approximate surface area is 193 Å². The number of hydrogen-bond donors (Lipinski definition) is 1. The van der Waals surface area contributed by atoms with E-state index >= 15 is 4.39 Å². The van der Waals surface area contributed by atoms with E-state index in [1.54, 1.807) is 47.2 Å². The van der Waals surface area contributed by atoms with Gasteiger partial charge in [0.2, 0.25) is 5.43 Å². The first-order valence-electron chi connectivity index (χ1n) is 10.9. The molecule has 2 aliphatic heterocycles. The number of nitrogens with one attached hydrogen (secondary N) is 1. The first-order chi connectivity index (χ1) is 16.0. The van der Waals surface area contributed by atoms with Crippen LogP contribution in [0.4, 0.5) is 10.1 Å². The molecule has 1 fully saturated rings. The number of pyridine rings is 1. The van der Waals surface area contributed by atoms with Crippen LogP contribution < -0.4 is 15.6 Å². The smallest absolute Gasteiger partial charge is 0.268 e. The van der Waals surface area contributed by atoms with Gasteiger partial charge in [0.15, 0.2) is 5.82 Å². The van der Waals surface area contributed by atoms with Crippen LogP contribution in [0, 0.1) is 5.82 Å². The molecule has 2 aromatic heterocycles. The van der Waals surface area contributed by atoms with E-state index in [4.69, 9.17) is 11.6 Å². The third-order valence-electron chi connectivity index (χ3n) is 6.48. The summed E-state index contributed by atoms with van der Waals surface area (Å²) in [5.41, 5.74) is 2.26. The molecule has 0 spiro atoms. The predicted molar refractivity (Wildman–Crippen MR) is 127 cm³/mol. The van der Waals surface area contributed by atoms with Crippen LogP contribution in [0.15, 0.2) is 59.5 Å². The number of rotatable bonds is 3. The number of carbonyl (C=O) groups excluding carboxylic acids is 1. The van der Waals surface area contributed by atoms with Crippen LogP contribution in [-0.2, 0) is 6.54 Å². The monoisotopic (exact) mass is 462 g/mol. The molecule has 33 heavy (non-hydrogen) atoms. The predicted octanol–water partition coefficient (Wildman–Crippen LogP) is 3.72. The minimum absolute atomic E-state index is 0.0846. The van der Waals surface area contributed by atoms with Crippen molar-refractivity contribution in [2.24, 2.45) is 0 Å². The Balaban J connectivity index is 1.67. The van der Waals surface area contributed by atoms with Crippen LogP contribution >= 0.6 is 11.6 Å². The van der Waals surface area contributed by atoms with Gasteiger partial charge in [0.1, 0.15) is 5.56 Å². The van der Waals surface area contributed by atoms with Gasteiger partial charge in [0, 0.05) is 49.3 Å². The third kappa shape index (κ3) is 3.03. The maximum atomic E-state index is 16.2. The molecule has 1 N–H and O–H groups in total. The second-order valence-corrected chi connectivity index (χ2v) is 8.80. The molecule has 6 rings (SSSR count). The van der Waals surface area contributed by atoms with E-state index in [0.29, 0.717) is 35.2 Å². The Kier molecular flexibility index (Phi) is 4.64. The highest BCUT2D eigenvalue weighted by atomic mass is 35.5. The highest BCUT2D eigenvalue weighted by molar-refractivity contribution is 6.30. The second-order valence-electron chi connectivity index (χ2n) is 8.37. The van der Waals surface area contributed by atoms with Crippen LogP contribution in [0.2, 0.25) is 5.02 Å². The highest BCUT2D eigenvalue weighted by Gasteiger charge is 2.34. The molecule has 0 radical (unpaired) electrons. The summed E-state index contributed by atoms with van der Waals surface area (Å²) in [5.74, 6) is -0.825. The molecule has 166 valence electrons. The molecule has 2 aromatic carbocycles. The van der Waals surface area contributed by atoms with E-state index in [1.807, 2.05) is 17.0 Å². The molecule has 4 aromatic rings. The molecule has 0 aliphatic carbocycles. The van der Waals surface area contributed by atoms with E-state index in [2.05, 4.69) is 5.32 Å². The van der Waals surface area contributed by atoms with Crippen molar-refractivity contribution in [1.29, 1.82) is 0 Å². The van der Waals surface area contributed by atoms with Crippen molar-refractivity contribution in [3.8, 4) is 11.4 Å². The summed E-state index contributed by atoms with van der Waals surface area (Å²) in [7, 11) is 0. The molecule has 0 atom stereocenters. The Hall–Kier alpha value is -3.42. The second kappa shape index (κ2) is 7.57. The van der Waals surface area contributed by atoms with Crippen LogP contribution in [0.25, 0.3) is 22.3 Å². The van der Waals surface area contributed by atoms with Gasteiger partial charge < -0.3 is 14.8 Å². The van der Waals surface area contributed by atoms with Crippen molar-refractivity contribution in [1.82, 2.24) is 14.5 Å². The van der Waals surface area contributed by atoms with Crippen molar-refractivity contribution in [3.63, 3.8) is 0 Å². The minimum Gasteiger partial charge on any atom is -0.367 e. The number of anilines is 1. The third-order valence-corrected chi connectivity index (χ3v) is 6.73. The Morgan fingerprint density at radius 1 is 1.00 bits per heavy atom. The fourth-order valence-electron chi connectivity index (χ4n) is 4.91. The van der Waals surface area contributed by atoms with Gasteiger partial charge in [-0.05, 0) is 42.0 Å². The van der Waals surface area contributed by atoms with Gasteiger partial charge in [0.05, 0.1) is 22.6 Å². The number of aromatic nitrogens is 2. The number of halogens is 2. The average Bonchev–Trinajstić information content (AvgIpc) is 3.41. The highest BCUT2D eigenvalue weighted by Crippen LogP contribution is 2.36. The summed E-state index contributed by atoms with van der Waals surface area (Å²) >= 11 is 6.06. The molecule has 2 aliphatic rings.